The Morgan fingerprint density at radius 3 is 2.68 bits per heavy atom. The van der Waals surface area contributed by atoms with Crippen molar-refractivity contribution in [2.24, 2.45) is 0 Å². The number of hydrogen-bond acceptors (Lipinski definition) is 5. The maximum absolute atomic E-state index is 12.1. The van der Waals surface area contributed by atoms with Crippen LogP contribution in [-0.4, -0.2) is 39.8 Å². The summed E-state index contributed by atoms with van der Waals surface area (Å²) in [6.07, 6.45) is 2.61. The van der Waals surface area contributed by atoms with Crippen LogP contribution in [0.1, 0.15) is 20.8 Å². The van der Waals surface area contributed by atoms with Gasteiger partial charge in [0, 0.05) is 19.3 Å². The van der Waals surface area contributed by atoms with Crippen molar-refractivity contribution < 1.29 is 9.72 Å². The number of nitrogens with zero attached hydrogens (tertiary/aromatic N) is 3. The van der Waals surface area contributed by atoms with E-state index in [9.17, 15) is 14.9 Å². The first kappa shape index (κ1) is 14.9. The second kappa shape index (κ2) is 6.67. The van der Waals surface area contributed by atoms with E-state index in [2.05, 4.69) is 10.3 Å². The molecule has 7 heteroatoms. The summed E-state index contributed by atoms with van der Waals surface area (Å²) in [7, 11) is 0. The number of carbonyl (C=O) groups is 1. The van der Waals surface area contributed by atoms with Crippen LogP contribution in [0.2, 0.25) is 0 Å². The Kier molecular flexibility index (Phi) is 5.23. The van der Waals surface area contributed by atoms with Gasteiger partial charge in [-0.1, -0.05) is 0 Å². The first-order valence-electron chi connectivity index (χ1n) is 6.14. The third kappa shape index (κ3) is 3.64. The molecule has 0 saturated carbocycles. The van der Waals surface area contributed by atoms with Crippen LogP contribution >= 0.6 is 0 Å². The summed E-state index contributed by atoms with van der Waals surface area (Å²) in [5.74, 6) is -0.0869. The van der Waals surface area contributed by atoms with Crippen molar-refractivity contribution in [3.8, 4) is 0 Å². The smallest absolute Gasteiger partial charge is 0.310 e. The monoisotopic (exact) mass is 266 g/mol. The molecule has 7 nitrogen and oxygen atoms in total. The average Bonchev–Trinajstić information content (AvgIpc) is 2.40. The zero-order valence-electron chi connectivity index (χ0n) is 11.3. The molecule has 1 N–H and O–H groups in total. The number of rotatable bonds is 6. The van der Waals surface area contributed by atoms with Gasteiger partial charge in [-0.05, 0) is 26.8 Å². The SMILES string of the molecule is CCN(CC)C(=O)C(C)Nc1ccncc1[N+](=O)[O-]. The topological polar surface area (TPSA) is 88.4 Å². The largest absolute Gasteiger partial charge is 0.368 e. The summed E-state index contributed by atoms with van der Waals surface area (Å²) in [4.78, 5) is 27.8. The Hall–Kier alpha value is -2.18. The summed E-state index contributed by atoms with van der Waals surface area (Å²) < 4.78 is 0. The molecule has 0 aliphatic heterocycles. The maximum atomic E-state index is 12.1. The Bertz CT molecular complexity index is 460. The van der Waals surface area contributed by atoms with Crippen molar-refractivity contribution in [3.63, 3.8) is 0 Å². The molecular formula is C12H18N4O3. The minimum absolute atomic E-state index is 0.0869. The fourth-order valence-electron chi connectivity index (χ4n) is 1.76. The third-order valence-corrected chi connectivity index (χ3v) is 2.81. The summed E-state index contributed by atoms with van der Waals surface area (Å²) in [5.41, 5.74) is 0.162. The highest BCUT2D eigenvalue weighted by Crippen LogP contribution is 2.22. The average molecular weight is 266 g/mol. The Balaban J connectivity index is 2.85. The second-order valence-corrected chi connectivity index (χ2v) is 4.03. The lowest BCUT2D eigenvalue weighted by Gasteiger charge is -2.23. The minimum atomic E-state index is -0.527. The number of nitrogens with one attached hydrogen (secondary N) is 1. The summed E-state index contributed by atoms with van der Waals surface area (Å²) >= 11 is 0. The van der Waals surface area contributed by atoms with Crippen LogP contribution in [0.5, 0.6) is 0 Å². The fourth-order valence-corrected chi connectivity index (χ4v) is 1.76. The van der Waals surface area contributed by atoms with Gasteiger partial charge in [0.1, 0.15) is 17.9 Å². The molecule has 1 heterocycles. The van der Waals surface area contributed by atoms with Gasteiger partial charge in [-0.3, -0.25) is 19.9 Å². The van der Waals surface area contributed by atoms with Crippen LogP contribution in [0.4, 0.5) is 11.4 Å². The molecule has 0 saturated heterocycles. The lowest BCUT2D eigenvalue weighted by molar-refractivity contribution is -0.384. The molecule has 0 spiro atoms. The highest BCUT2D eigenvalue weighted by atomic mass is 16.6. The summed E-state index contributed by atoms with van der Waals surface area (Å²) in [6.45, 7) is 6.69. The van der Waals surface area contributed by atoms with Gasteiger partial charge in [0.15, 0.2) is 0 Å². The predicted octanol–water partition coefficient (Wildman–Crippen LogP) is 1.66. The van der Waals surface area contributed by atoms with Crippen molar-refractivity contribution in [1.82, 2.24) is 9.88 Å². The van der Waals surface area contributed by atoms with Crippen LogP contribution in [0.3, 0.4) is 0 Å². The normalized spacial score (nSPS) is 11.7. The van der Waals surface area contributed by atoms with Crippen molar-refractivity contribution in [1.29, 1.82) is 0 Å². The molecule has 0 bridgehead atoms. The van der Waals surface area contributed by atoms with Crippen molar-refractivity contribution in [2.75, 3.05) is 18.4 Å². The van der Waals surface area contributed by atoms with Gasteiger partial charge >= 0.3 is 5.69 Å². The van der Waals surface area contributed by atoms with Gasteiger partial charge < -0.3 is 10.2 Å². The van der Waals surface area contributed by atoms with E-state index in [0.717, 1.165) is 6.20 Å². The highest BCUT2D eigenvalue weighted by Gasteiger charge is 2.21. The number of anilines is 1. The van der Waals surface area contributed by atoms with Crippen LogP contribution in [0.25, 0.3) is 0 Å². The van der Waals surface area contributed by atoms with Gasteiger partial charge in [0.05, 0.1) is 4.92 Å². The van der Waals surface area contributed by atoms with Crippen LogP contribution in [-0.2, 0) is 4.79 Å². The molecule has 0 radical (unpaired) electrons. The predicted molar refractivity (Wildman–Crippen MR) is 71.9 cm³/mol. The first-order chi connectivity index (χ1) is 9.01. The molecule has 1 aromatic heterocycles. The van der Waals surface area contributed by atoms with E-state index < -0.39 is 11.0 Å². The van der Waals surface area contributed by atoms with E-state index in [1.165, 1.54) is 12.3 Å². The van der Waals surface area contributed by atoms with Crippen LogP contribution < -0.4 is 5.32 Å². The van der Waals surface area contributed by atoms with E-state index in [1.54, 1.807) is 11.8 Å². The molecule has 0 aliphatic rings. The van der Waals surface area contributed by atoms with Crippen molar-refractivity contribution in [3.05, 3.63) is 28.6 Å². The molecule has 0 aliphatic carbocycles. The van der Waals surface area contributed by atoms with Gasteiger partial charge in [0.25, 0.3) is 0 Å². The lowest BCUT2D eigenvalue weighted by Crippen LogP contribution is -2.41. The molecule has 104 valence electrons. The van der Waals surface area contributed by atoms with Crippen molar-refractivity contribution >= 4 is 17.3 Å². The minimum Gasteiger partial charge on any atom is -0.368 e. The third-order valence-electron chi connectivity index (χ3n) is 2.81. The lowest BCUT2D eigenvalue weighted by atomic mass is 10.2. The summed E-state index contributed by atoms with van der Waals surface area (Å²) in [5, 5.41) is 13.7. The van der Waals surface area contributed by atoms with Gasteiger partial charge in [0.2, 0.25) is 5.91 Å². The van der Waals surface area contributed by atoms with E-state index in [-0.39, 0.29) is 11.6 Å². The molecular weight excluding hydrogens is 248 g/mol. The molecule has 0 aromatic carbocycles. The van der Waals surface area contributed by atoms with E-state index in [0.29, 0.717) is 18.8 Å². The number of hydrogen-bond donors (Lipinski definition) is 1. The highest BCUT2D eigenvalue weighted by molar-refractivity contribution is 5.85. The quantitative estimate of drug-likeness (QED) is 0.625. The maximum Gasteiger partial charge on any atom is 0.310 e. The molecule has 1 atom stereocenters. The van der Waals surface area contributed by atoms with Crippen LogP contribution in [0.15, 0.2) is 18.5 Å². The zero-order chi connectivity index (χ0) is 14.4. The molecule has 0 fully saturated rings. The van der Waals surface area contributed by atoms with Gasteiger partial charge in [-0.25, -0.2) is 0 Å². The standard InChI is InChI=1S/C12H18N4O3/c1-4-15(5-2)12(17)9(3)14-10-6-7-13-8-11(10)16(18)19/h6-9H,4-5H2,1-3H3,(H,13,14). The number of nitro groups is 1. The first-order valence-corrected chi connectivity index (χ1v) is 6.14. The van der Waals surface area contributed by atoms with Gasteiger partial charge in [-0.2, -0.15) is 0 Å². The van der Waals surface area contributed by atoms with E-state index in [4.69, 9.17) is 0 Å². The van der Waals surface area contributed by atoms with E-state index >= 15 is 0 Å². The number of pyridine rings is 1. The molecule has 19 heavy (non-hydrogen) atoms. The number of likely N-dealkylation sites (N-methyl/N-ethyl adjacent to an activating group) is 1. The Morgan fingerprint density at radius 1 is 1.53 bits per heavy atom. The molecule has 1 aromatic rings. The summed E-state index contributed by atoms with van der Waals surface area (Å²) in [6, 6.07) is 0.963. The molecule has 1 amide bonds. The molecule has 1 rings (SSSR count). The Labute approximate surface area is 111 Å². The van der Waals surface area contributed by atoms with Crippen LogP contribution in [0, 0.1) is 10.1 Å². The molecule has 1 unspecified atom stereocenters. The second-order valence-electron chi connectivity index (χ2n) is 4.03. The number of amides is 1. The van der Waals surface area contributed by atoms with Gasteiger partial charge in [-0.15, -0.1) is 0 Å². The van der Waals surface area contributed by atoms with E-state index in [1.807, 2.05) is 13.8 Å². The Morgan fingerprint density at radius 2 is 2.16 bits per heavy atom. The number of aromatic nitrogens is 1. The van der Waals surface area contributed by atoms with Crippen molar-refractivity contribution in [2.45, 2.75) is 26.8 Å². The zero-order valence-corrected chi connectivity index (χ0v) is 11.3. The fraction of sp³-hybridized carbons (Fsp3) is 0.500. The number of carbonyl (C=O) groups excluding carboxylic acids is 1.